The second kappa shape index (κ2) is 50.7. The second-order valence-corrected chi connectivity index (χ2v) is 18.2. The number of aliphatic hydroxyl groups is 2. The van der Waals surface area contributed by atoms with Gasteiger partial charge in [-0.1, -0.05) is 237 Å². The van der Waals surface area contributed by atoms with Gasteiger partial charge in [-0.25, -0.2) is 0 Å². The van der Waals surface area contributed by atoms with E-state index >= 15 is 0 Å². The van der Waals surface area contributed by atoms with Crippen molar-refractivity contribution in [2.24, 2.45) is 0 Å². The highest BCUT2D eigenvalue weighted by Gasteiger charge is 2.18. The molecular weight excluding hydrogens is 755 g/mol. The van der Waals surface area contributed by atoms with Crippen molar-refractivity contribution >= 4 is 11.9 Å². The fourth-order valence-electron chi connectivity index (χ4n) is 8.02. The number of amides is 1. The van der Waals surface area contributed by atoms with E-state index < -0.39 is 12.1 Å². The van der Waals surface area contributed by atoms with Crippen LogP contribution in [0, 0.1) is 0 Å². The summed E-state index contributed by atoms with van der Waals surface area (Å²) in [4.78, 5) is 24.5. The average molecular weight is 858 g/mol. The molecule has 0 bridgehead atoms. The molecule has 3 N–H and O–H groups in total. The highest BCUT2D eigenvalue weighted by atomic mass is 16.5. The van der Waals surface area contributed by atoms with Gasteiger partial charge in [-0.3, -0.25) is 9.59 Å². The van der Waals surface area contributed by atoms with Crippen molar-refractivity contribution in [2.45, 2.75) is 289 Å². The first kappa shape index (κ1) is 59.1. The van der Waals surface area contributed by atoms with E-state index in [1.54, 1.807) is 6.08 Å². The van der Waals surface area contributed by atoms with Gasteiger partial charge in [-0.05, 0) is 64.2 Å². The number of carbonyl (C=O) groups is 2. The predicted octanol–water partition coefficient (Wildman–Crippen LogP) is 16.1. The molecule has 0 fully saturated rings. The van der Waals surface area contributed by atoms with Crippen LogP contribution in [0.15, 0.2) is 36.5 Å². The fraction of sp³-hybridized carbons (Fsp3) is 0.855. The van der Waals surface area contributed by atoms with Gasteiger partial charge in [0, 0.05) is 12.8 Å². The molecule has 0 aliphatic heterocycles. The van der Waals surface area contributed by atoms with Crippen molar-refractivity contribution in [1.29, 1.82) is 0 Å². The minimum absolute atomic E-state index is 0.0284. The van der Waals surface area contributed by atoms with Crippen molar-refractivity contribution in [2.75, 3.05) is 13.2 Å². The van der Waals surface area contributed by atoms with Crippen LogP contribution in [0.1, 0.15) is 277 Å². The standard InChI is InChI=1S/C55H103NO5/c1-3-5-7-9-11-13-15-17-19-21-22-24-26-28-33-37-41-45-49-55(60)61-50-46-42-38-34-30-29-32-36-40-44-48-54(59)56-52(51-57)53(58)47-43-39-35-31-27-25-23-20-18-16-14-12-10-8-6-4-2/h13,15,19,21,43,47,52-53,57-58H,3-12,14,16-18,20,22-42,44-46,48-51H2,1-2H3,(H,56,59)/b15-13-,21-19-,47-43+. The highest BCUT2D eigenvalue weighted by molar-refractivity contribution is 5.76. The third-order valence-electron chi connectivity index (χ3n) is 12.2. The lowest BCUT2D eigenvalue weighted by Crippen LogP contribution is -2.45. The Balaban J connectivity index is 3.51. The van der Waals surface area contributed by atoms with E-state index in [0.717, 1.165) is 64.2 Å². The monoisotopic (exact) mass is 858 g/mol. The van der Waals surface area contributed by atoms with Crippen LogP contribution in [0.3, 0.4) is 0 Å². The number of carbonyl (C=O) groups excluding carboxylic acids is 2. The minimum atomic E-state index is -0.860. The van der Waals surface area contributed by atoms with Gasteiger partial charge in [-0.2, -0.15) is 0 Å². The number of hydrogen-bond donors (Lipinski definition) is 3. The maximum Gasteiger partial charge on any atom is 0.305 e. The Kier molecular flexibility index (Phi) is 49.1. The van der Waals surface area contributed by atoms with E-state index in [4.69, 9.17) is 4.74 Å². The fourth-order valence-corrected chi connectivity index (χ4v) is 8.02. The number of aliphatic hydroxyl groups excluding tert-OH is 2. The molecule has 0 aliphatic rings. The van der Waals surface area contributed by atoms with Crippen LogP contribution in [0.2, 0.25) is 0 Å². The molecular formula is C55H103NO5. The normalized spacial score (nSPS) is 12.9. The Morgan fingerprint density at radius 3 is 1.26 bits per heavy atom. The van der Waals surface area contributed by atoms with Gasteiger partial charge in [0.05, 0.1) is 25.4 Å². The van der Waals surface area contributed by atoms with Crippen LogP contribution < -0.4 is 5.32 Å². The van der Waals surface area contributed by atoms with Gasteiger partial charge in [-0.15, -0.1) is 0 Å². The van der Waals surface area contributed by atoms with E-state index in [2.05, 4.69) is 43.5 Å². The number of nitrogens with one attached hydrogen (secondary N) is 1. The quantitative estimate of drug-likeness (QED) is 0.0322. The summed E-state index contributed by atoms with van der Waals surface area (Å²) in [7, 11) is 0. The molecule has 0 heterocycles. The van der Waals surface area contributed by atoms with Crippen LogP contribution in [0.4, 0.5) is 0 Å². The van der Waals surface area contributed by atoms with Gasteiger partial charge in [0.25, 0.3) is 0 Å². The van der Waals surface area contributed by atoms with Gasteiger partial charge >= 0.3 is 5.97 Å². The van der Waals surface area contributed by atoms with Crippen LogP contribution in [0.25, 0.3) is 0 Å². The molecule has 6 heteroatoms. The third-order valence-corrected chi connectivity index (χ3v) is 12.2. The molecule has 2 unspecified atom stereocenters. The van der Waals surface area contributed by atoms with Gasteiger partial charge in [0.2, 0.25) is 5.91 Å². The molecule has 0 spiro atoms. The Labute approximate surface area is 379 Å². The van der Waals surface area contributed by atoms with Crippen LogP contribution in [-0.4, -0.2) is 47.4 Å². The third kappa shape index (κ3) is 47.4. The van der Waals surface area contributed by atoms with E-state index in [1.165, 1.54) is 186 Å². The lowest BCUT2D eigenvalue weighted by Gasteiger charge is -2.20. The minimum Gasteiger partial charge on any atom is -0.466 e. The van der Waals surface area contributed by atoms with E-state index in [9.17, 15) is 19.8 Å². The summed E-state index contributed by atoms with van der Waals surface area (Å²) in [6.07, 6.45) is 61.4. The molecule has 0 saturated carbocycles. The smallest absolute Gasteiger partial charge is 0.305 e. The van der Waals surface area contributed by atoms with E-state index in [0.29, 0.717) is 19.4 Å². The first-order chi connectivity index (χ1) is 30.0. The summed E-state index contributed by atoms with van der Waals surface area (Å²) >= 11 is 0. The summed E-state index contributed by atoms with van der Waals surface area (Å²) in [5, 5.41) is 23.1. The van der Waals surface area contributed by atoms with Crippen LogP contribution in [-0.2, 0) is 14.3 Å². The zero-order valence-corrected chi connectivity index (χ0v) is 40.6. The zero-order chi connectivity index (χ0) is 44.4. The maximum absolute atomic E-state index is 12.4. The van der Waals surface area contributed by atoms with Crippen molar-refractivity contribution in [3.8, 4) is 0 Å². The molecule has 0 radical (unpaired) electrons. The number of allylic oxidation sites excluding steroid dienone is 5. The molecule has 1 amide bonds. The Morgan fingerprint density at radius 2 is 0.820 bits per heavy atom. The van der Waals surface area contributed by atoms with Gasteiger partial charge < -0.3 is 20.3 Å². The molecule has 0 saturated heterocycles. The van der Waals surface area contributed by atoms with Gasteiger partial charge in [0.15, 0.2) is 0 Å². The Bertz CT molecular complexity index is 993. The molecule has 2 atom stereocenters. The zero-order valence-electron chi connectivity index (χ0n) is 40.6. The topological polar surface area (TPSA) is 95.9 Å². The van der Waals surface area contributed by atoms with Crippen molar-refractivity contribution in [1.82, 2.24) is 5.32 Å². The number of ether oxygens (including phenoxy) is 1. The van der Waals surface area contributed by atoms with Crippen molar-refractivity contribution < 1.29 is 24.5 Å². The summed E-state index contributed by atoms with van der Waals surface area (Å²) in [5.74, 6) is -0.119. The number of esters is 1. The van der Waals surface area contributed by atoms with Crippen molar-refractivity contribution in [3.05, 3.63) is 36.5 Å². The summed E-state index contributed by atoms with van der Waals surface area (Å²) in [6.45, 7) is 4.83. The SMILES string of the molecule is CCCCCC/C=C\C/C=C\CCCCCCCCCC(=O)OCCCCCCCCCCCCC(=O)NC(CO)C(O)/C=C/CCCCCCCCCCCCCCCC. The summed E-state index contributed by atoms with van der Waals surface area (Å²) < 4.78 is 5.46. The molecule has 0 aromatic rings. The highest BCUT2D eigenvalue weighted by Crippen LogP contribution is 2.16. The van der Waals surface area contributed by atoms with E-state index in [-0.39, 0.29) is 18.5 Å². The van der Waals surface area contributed by atoms with Gasteiger partial charge in [0.1, 0.15) is 0 Å². The first-order valence-corrected chi connectivity index (χ1v) is 26.8. The predicted molar refractivity (Wildman–Crippen MR) is 264 cm³/mol. The Hall–Kier alpha value is -1.92. The lowest BCUT2D eigenvalue weighted by atomic mass is 10.0. The largest absolute Gasteiger partial charge is 0.466 e. The number of rotatable bonds is 49. The molecule has 6 nitrogen and oxygen atoms in total. The van der Waals surface area contributed by atoms with Crippen LogP contribution >= 0.6 is 0 Å². The van der Waals surface area contributed by atoms with Crippen molar-refractivity contribution in [3.63, 3.8) is 0 Å². The first-order valence-electron chi connectivity index (χ1n) is 26.8. The van der Waals surface area contributed by atoms with E-state index in [1.807, 2.05) is 6.08 Å². The maximum atomic E-state index is 12.4. The second-order valence-electron chi connectivity index (χ2n) is 18.2. The molecule has 0 aliphatic carbocycles. The lowest BCUT2D eigenvalue weighted by molar-refractivity contribution is -0.143. The van der Waals surface area contributed by atoms with Crippen LogP contribution in [0.5, 0.6) is 0 Å². The summed E-state index contributed by atoms with van der Waals surface area (Å²) in [6, 6.07) is -0.645. The summed E-state index contributed by atoms with van der Waals surface area (Å²) in [5.41, 5.74) is 0. The Morgan fingerprint density at radius 1 is 0.459 bits per heavy atom. The molecule has 358 valence electrons. The number of hydrogen-bond acceptors (Lipinski definition) is 5. The molecule has 61 heavy (non-hydrogen) atoms. The molecule has 0 aromatic carbocycles. The average Bonchev–Trinajstić information content (AvgIpc) is 3.26. The molecule has 0 rings (SSSR count). The molecule has 0 aromatic heterocycles. The number of unbranched alkanes of at least 4 members (excludes halogenated alkanes) is 34.